The van der Waals surface area contributed by atoms with Gasteiger partial charge in [0.05, 0.1) is 5.02 Å². The van der Waals surface area contributed by atoms with Gasteiger partial charge in [-0.25, -0.2) is 4.39 Å². The van der Waals surface area contributed by atoms with Crippen molar-refractivity contribution in [3.63, 3.8) is 0 Å². The zero-order valence-electron chi connectivity index (χ0n) is 14.6. The number of hydrogen-bond acceptors (Lipinski definition) is 3. The van der Waals surface area contributed by atoms with Crippen molar-refractivity contribution in [2.24, 2.45) is 0 Å². The molecule has 136 valence electrons. The van der Waals surface area contributed by atoms with Crippen molar-refractivity contribution in [3.8, 4) is 0 Å². The molecule has 0 saturated carbocycles. The number of nitrogens with one attached hydrogen (secondary N) is 1. The van der Waals surface area contributed by atoms with Crippen LogP contribution >= 0.6 is 11.6 Å². The van der Waals surface area contributed by atoms with Gasteiger partial charge in [-0.3, -0.25) is 9.78 Å². The van der Waals surface area contributed by atoms with Gasteiger partial charge in [0.15, 0.2) is 0 Å². The third-order valence-electron chi connectivity index (χ3n) is 4.61. The molecule has 0 radical (unpaired) electrons. The summed E-state index contributed by atoms with van der Waals surface area (Å²) in [5.41, 5.74) is 3.74. The van der Waals surface area contributed by atoms with E-state index in [1.807, 2.05) is 31.2 Å². The van der Waals surface area contributed by atoms with Gasteiger partial charge in [-0.1, -0.05) is 29.8 Å². The number of fused-ring (bicyclic) bond motifs is 1. The molecule has 1 aliphatic rings. The lowest BCUT2D eigenvalue weighted by atomic mass is 10.1. The molecule has 1 N–H and O–H groups in total. The predicted octanol–water partition coefficient (Wildman–Crippen LogP) is 5.21. The first-order chi connectivity index (χ1) is 13.0. The average Bonchev–Trinajstić information content (AvgIpc) is 3.00. The molecular weight excluding hydrogens is 365 g/mol. The van der Waals surface area contributed by atoms with Gasteiger partial charge in [0.1, 0.15) is 11.5 Å². The van der Waals surface area contributed by atoms with Crippen LogP contribution in [0, 0.1) is 5.82 Å². The van der Waals surface area contributed by atoms with Crippen molar-refractivity contribution >= 4 is 34.6 Å². The summed E-state index contributed by atoms with van der Waals surface area (Å²) in [5.74, 6) is -0.622. The van der Waals surface area contributed by atoms with E-state index in [-0.39, 0.29) is 17.0 Å². The van der Waals surface area contributed by atoms with E-state index >= 15 is 0 Å². The highest BCUT2D eigenvalue weighted by Gasteiger charge is 2.31. The number of anilines is 3. The van der Waals surface area contributed by atoms with Crippen LogP contribution in [0.4, 0.5) is 21.5 Å². The molecule has 3 aromatic rings. The van der Waals surface area contributed by atoms with E-state index < -0.39 is 5.82 Å². The molecule has 1 aromatic heterocycles. The molecule has 6 heteroatoms. The summed E-state index contributed by atoms with van der Waals surface area (Å²) in [6, 6.07) is 15.8. The van der Waals surface area contributed by atoms with Crippen LogP contribution in [0.25, 0.3) is 0 Å². The fraction of sp³-hybridized carbons (Fsp3) is 0.143. The summed E-state index contributed by atoms with van der Waals surface area (Å²) < 4.78 is 13.3. The smallest absolute Gasteiger partial charge is 0.277 e. The normalized spacial score (nSPS) is 15.5. The lowest BCUT2D eigenvalue weighted by Crippen LogP contribution is -2.36. The first-order valence-electron chi connectivity index (χ1n) is 8.62. The number of benzene rings is 2. The largest absolute Gasteiger partial charge is 0.355 e. The van der Waals surface area contributed by atoms with Crippen LogP contribution in [0.2, 0.25) is 5.02 Å². The highest BCUT2D eigenvalue weighted by molar-refractivity contribution is 6.31. The van der Waals surface area contributed by atoms with Crippen molar-refractivity contribution in [1.82, 2.24) is 4.98 Å². The van der Waals surface area contributed by atoms with Gasteiger partial charge in [-0.05, 0) is 55.3 Å². The Morgan fingerprint density at radius 2 is 1.96 bits per heavy atom. The molecule has 0 aliphatic carbocycles. The molecule has 1 unspecified atom stereocenters. The number of para-hydroxylation sites is 1. The zero-order chi connectivity index (χ0) is 19.0. The fourth-order valence-corrected chi connectivity index (χ4v) is 3.54. The number of aromatic nitrogens is 1. The van der Waals surface area contributed by atoms with E-state index in [2.05, 4.69) is 10.3 Å². The zero-order valence-corrected chi connectivity index (χ0v) is 15.4. The van der Waals surface area contributed by atoms with Gasteiger partial charge < -0.3 is 10.2 Å². The minimum Gasteiger partial charge on any atom is -0.355 e. The number of hydrogen-bond donors (Lipinski definition) is 1. The average molecular weight is 382 g/mol. The number of nitrogens with zero attached hydrogens (tertiary/aromatic N) is 2. The third-order valence-corrected chi connectivity index (χ3v) is 4.90. The Bertz CT molecular complexity index is 1020. The van der Waals surface area contributed by atoms with Crippen LogP contribution in [-0.2, 0) is 6.42 Å². The van der Waals surface area contributed by atoms with E-state index in [0.29, 0.717) is 17.1 Å². The number of pyridine rings is 1. The minimum absolute atomic E-state index is 0.0351. The first-order valence-corrected chi connectivity index (χ1v) is 9.00. The Morgan fingerprint density at radius 1 is 1.19 bits per heavy atom. The summed E-state index contributed by atoms with van der Waals surface area (Å²) in [4.78, 5) is 19.1. The van der Waals surface area contributed by atoms with Gasteiger partial charge in [-0.2, -0.15) is 0 Å². The molecule has 0 fully saturated rings. The topological polar surface area (TPSA) is 45.2 Å². The molecule has 0 spiro atoms. The lowest BCUT2D eigenvalue weighted by molar-refractivity contribution is 0.0976. The van der Waals surface area contributed by atoms with E-state index in [9.17, 15) is 9.18 Å². The maximum atomic E-state index is 13.3. The Kier molecular flexibility index (Phi) is 4.54. The second-order valence-electron chi connectivity index (χ2n) is 6.54. The Balaban J connectivity index is 1.60. The summed E-state index contributed by atoms with van der Waals surface area (Å²) >= 11 is 5.82. The Hall–Kier alpha value is -2.92. The molecular formula is C21H17ClFN3O. The first kappa shape index (κ1) is 17.5. The molecule has 27 heavy (non-hydrogen) atoms. The summed E-state index contributed by atoms with van der Waals surface area (Å²) in [7, 11) is 0. The van der Waals surface area contributed by atoms with Crippen LogP contribution in [0.1, 0.15) is 23.0 Å². The van der Waals surface area contributed by atoms with Gasteiger partial charge in [-0.15, -0.1) is 0 Å². The van der Waals surface area contributed by atoms with Crippen molar-refractivity contribution in [2.45, 2.75) is 19.4 Å². The summed E-state index contributed by atoms with van der Waals surface area (Å²) in [5, 5.41) is 3.16. The summed E-state index contributed by atoms with van der Waals surface area (Å²) in [6.07, 6.45) is 2.40. The predicted molar refractivity (Wildman–Crippen MR) is 105 cm³/mol. The molecule has 4 rings (SSSR count). The van der Waals surface area contributed by atoms with Gasteiger partial charge in [0.2, 0.25) is 0 Å². The fourth-order valence-electron chi connectivity index (χ4n) is 3.36. The maximum absolute atomic E-state index is 13.3. The van der Waals surface area contributed by atoms with E-state index in [0.717, 1.165) is 17.7 Å². The van der Waals surface area contributed by atoms with Gasteiger partial charge in [0.25, 0.3) is 5.91 Å². The van der Waals surface area contributed by atoms with E-state index in [1.165, 1.54) is 12.1 Å². The maximum Gasteiger partial charge on any atom is 0.277 e. The van der Waals surface area contributed by atoms with Crippen molar-refractivity contribution < 1.29 is 9.18 Å². The molecule has 1 atom stereocenters. The number of carbonyl (C=O) groups excluding carboxylic acids is 1. The monoisotopic (exact) mass is 381 g/mol. The number of amides is 1. The summed E-state index contributed by atoms with van der Waals surface area (Å²) in [6.45, 7) is 2.03. The number of rotatable bonds is 3. The van der Waals surface area contributed by atoms with Crippen molar-refractivity contribution in [1.29, 1.82) is 0 Å². The Labute approximate surface area is 161 Å². The standard InChI is InChI=1S/C21H17ClFN3O/c1-13-10-14-4-2-3-5-20(14)26(13)21(27)19-12-16(8-9-24-19)25-15-6-7-18(23)17(22)11-15/h2-9,11-13H,10H2,1H3,(H,24,25). The van der Waals surface area contributed by atoms with Crippen LogP contribution < -0.4 is 10.2 Å². The third kappa shape index (κ3) is 3.38. The van der Waals surface area contributed by atoms with Crippen LogP contribution in [0.3, 0.4) is 0 Å². The molecule has 2 aromatic carbocycles. The molecule has 0 bridgehead atoms. The second-order valence-corrected chi connectivity index (χ2v) is 6.95. The molecule has 4 nitrogen and oxygen atoms in total. The SMILES string of the molecule is CC1Cc2ccccc2N1C(=O)c1cc(Nc2ccc(F)c(Cl)c2)ccn1. The Morgan fingerprint density at radius 3 is 2.78 bits per heavy atom. The van der Waals surface area contributed by atoms with Crippen molar-refractivity contribution in [3.05, 3.63) is 82.9 Å². The number of halogens is 2. The lowest BCUT2D eigenvalue weighted by Gasteiger charge is -2.22. The van der Waals surface area contributed by atoms with E-state index in [4.69, 9.17) is 11.6 Å². The van der Waals surface area contributed by atoms with Gasteiger partial charge in [0, 0.05) is 29.3 Å². The quantitative estimate of drug-likeness (QED) is 0.677. The molecule has 1 amide bonds. The molecule has 1 aliphatic heterocycles. The van der Waals surface area contributed by atoms with Crippen LogP contribution in [-0.4, -0.2) is 16.9 Å². The highest BCUT2D eigenvalue weighted by atomic mass is 35.5. The van der Waals surface area contributed by atoms with E-state index in [1.54, 1.807) is 29.3 Å². The van der Waals surface area contributed by atoms with Crippen LogP contribution in [0.5, 0.6) is 0 Å². The molecule has 0 saturated heterocycles. The molecule has 2 heterocycles. The van der Waals surface area contributed by atoms with Gasteiger partial charge >= 0.3 is 0 Å². The second kappa shape index (κ2) is 7.00. The van der Waals surface area contributed by atoms with Crippen molar-refractivity contribution in [2.75, 3.05) is 10.2 Å². The highest BCUT2D eigenvalue weighted by Crippen LogP contribution is 2.33. The number of carbonyl (C=O) groups is 1. The van der Waals surface area contributed by atoms with Crippen LogP contribution in [0.15, 0.2) is 60.8 Å². The minimum atomic E-state index is -0.477.